The van der Waals surface area contributed by atoms with Gasteiger partial charge in [0.1, 0.15) is 10.8 Å². The highest BCUT2D eigenvalue weighted by Gasteiger charge is 2.37. The molecule has 1 amide bonds. The minimum atomic E-state index is -0.570. The van der Waals surface area contributed by atoms with Gasteiger partial charge < -0.3 is 4.74 Å². The lowest BCUT2D eigenvalue weighted by Gasteiger charge is -2.37. The summed E-state index contributed by atoms with van der Waals surface area (Å²) in [7, 11) is 0. The summed E-state index contributed by atoms with van der Waals surface area (Å²) in [4.78, 5) is 31.3. The van der Waals surface area contributed by atoms with E-state index >= 15 is 0 Å². The van der Waals surface area contributed by atoms with Gasteiger partial charge in [-0.15, -0.1) is 11.3 Å². The zero-order valence-corrected chi connectivity index (χ0v) is 17.4. The molecule has 148 valence electrons. The fraction of sp³-hybridized carbons (Fsp3) is 0.261. The normalized spacial score (nSPS) is 16.9. The maximum absolute atomic E-state index is 12.9. The summed E-state index contributed by atoms with van der Waals surface area (Å²) in [5.41, 5.74) is 3.40. The van der Waals surface area contributed by atoms with E-state index in [-0.39, 0.29) is 11.7 Å². The van der Waals surface area contributed by atoms with Crippen molar-refractivity contribution >= 4 is 28.7 Å². The monoisotopic (exact) mass is 406 g/mol. The Bertz CT molecular complexity index is 1060. The number of benzene rings is 2. The Morgan fingerprint density at radius 2 is 1.97 bits per heavy atom. The van der Waals surface area contributed by atoms with Gasteiger partial charge in [0.05, 0.1) is 17.4 Å². The van der Waals surface area contributed by atoms with Crippen molar-refractivity contribution in [2.24, 2.45) is 0 Å². The largest absolute Gasteiger partial charge is 0.478 e. The number of hydrogen-bond acceptors (Lipinski definition) is 5. The van der Waals surface area contributed by atoms with Crippen LogP contribution in [0.15, 0.2) is 53.9 Å². The van der Waals surface area contributed by atoms with Crippen LogP contribution in [0.4, 0.5) is 5.69 Å². The highest BCUT2D eigenvalue weighted by molar-refractivity contribution is 7.13. The lowest BCUT2D eigenvalue weighted by atomic mass is 10.0. The van der Waals surface area contributed by atoms with Gasteiger partial charge in [0.25, 0.3) is 5.91 Å². The molecule has 0 N–H and O–H groups in total. The van der Waals surface area contributed by atoms with Crippen molar-refractivity contribution in [2.45, 2.75) is 39.3 Å². The van der Waals surface area contributed by atoms with E-state index < -0.39 is 12.1 Å². The molecule has 6 heteroatoms. The Hall–Kier alpha value is -2.99. The first-order valence-electron chi connectivity index (χ1n) is 9.65. The Morgan fingerprint density at radius 3 is 2.66 bits per heavy atom. The number of nitrogens with zero attached hydrogens (tertiary/aromatic N) is 2. The van der Waals surface area contributed by atoms with Crippen LogP contribution in [0.25, 0.3) is 21.8 Å². The standard InChI is InChI=1S/C23H22N2O3S/c1-4-20-23(27)25(14(2)15(3)26)19-12-17(10-11-21(19)28-20)18-13-29-22(24-18)16-8-6-5-7-9-16/h5-14,20H,4H2,1-3H3. The Kier molecular flexibility index (Phi) is 5.20. The van der Waals surface area contributed by atoms with E-state index in [2.05, 4.69) is 0 Å². The molecular weight excluding hydrogens is 384 g/mol. The molecule has 0 saturated carbocycles. The summed E-state index contributed by atoms with van der Waals surface area (Å²) in [6, 6.07) is 15.2. The van der Waals surface area contributed by atoms with Crippen molar-refractivity contribution in [3.05, 3.63) is 53.9 Å². The SMILES string of the molecule is CCC1Oc2ccc(-c3csc(-c4ccccc4)n3)cc2N(C(C)C(C)=O)C1=O. The van der Waals surface area contributed by atoms with Gasteiger partial charge >= 0.3 is 0 Å². The fourth-order valence-electron chi connectivity index (χ4n) is 3.40. The van der Waals surface area contributed by atoms with Crippen molar-refractivity contribution in [2.75, 3.05) is 4.90 Å². The molecule has 2 heterocycles. The van der Waals surface area contributed by atoms with E-state index in [0.717, 1.165) is 21.8 Å². The summed E-state index contributed by atoms with van der Waals surface area (Å²) in [6.45, 7) is 5.16. The van der Waals surface area contributed by atoms with Crippen LogP contribution in [-0.4, -0.2) is 28.8 Å². The van der Waals surface area contributed by atoms with Crippen LogP contribution in [0.5, 0.6) is 5.75 Å². The highest BCUT2D eigenvalue weighted by Crippen LogP contribution is 2.40. The molecule has 1 aromatic heterocycles. The summed E-state index contributed by atoms with van der Waals surface area (Å²) in [5, 5.41) is 2.94. The molecule has 1 aliphatic rings. The molecule has 0 spiro atoms. The zero-order valence-electron chi connectivity index (χ0n) is 16.6. The molecule has 0 radical (unpaired) electrons. The Labute approximate surface area is 174 Å². The van der Waals surface area contributed by atoms with Gasteiger partial charge in [-0.1, -0.05) is 37.3 Å². The number of ketones is 1. The molecule has 0 fully saturated rings. The molecule has 3 aromatic rings. The van der Waals surface area contributed by atoms with Crippen molar-refractivity contribution in [3.8, 4) is 27.6 Å². The third-order valence-corrected chi connectivity index (χ3v) is 6.06. The molecule has 2 unspecified atom stereocenters. The van der Waals surface area contributed by atoms with E-state index in [9.17, 15) is 9.59 Å². The molecular formula is C23H22N2O3S. The number of hydrogen-bond donors (Lipinski definition) is 0. The third kappa shape index (κ3) is 3.56. The van der Waals surface area contributed by atoms with Crippen molar-refractivity contribution in [1.29, 1.82) is 0 Å². The number of aromatic nitrogens is 1. The number of Topliss-reactive ketones (excluding diaryl/α,β-unsaturated/α-hetero) is 1. The lowest BCUT2D eigenvalue weighted by Crippen LogP contribution is -2.51. The number of rotatable bonds is 5. The highest BCUT2D eigenvalue weighted by atomic mass is 32.1. The summed E-state index contributed by atoms with van der Waals surface area (Å²) in [6.07, 6.45) is -0.0210. The summed E-state index contributed by atoms with van der Waals surface area (Å²) >= 11 is 1.57. The van der Waals surface area contributed by atoms with E-state index in [1.807, 2.05) is 60.8 Å². The summed E-state index contributed by atoms with van der Waals surface area (Å²) in [5.74, 6) is 0.376. The van der Waals surface area contributed by atoms with Gasteiger partial charge in [-0.2, -0.15) is 0 Å². The minimum Gasteiger partial charge on any atom is -0.478 e. The molecule has 0 aliphatic carbocycles. The lowest BCUT2D eigenvalue weighted by molar-refractivity contribution is -0.129. The summed E-state index contributed by atoms with van der Waals surface area (Å²) < 4.78 is 5.90. The van der Waals surface area contributed by atoms with Crippen LogP contribution in [0.2, 0.25) is 0 Å². The topological polar surface area (TPSA) is 59.5 Å². The first kappa shape index (κ1) is 19.3. The molecule has 4 rings (SSSR count). The molecule has 0 bridgehead atoms. The van der Waals surface area contributed by atoms with Gasteiger partial charge in [-0.3, -0.25) is 14.5 Å². The third-order valence-electron chi connectivity index (χ3n) is 5.17. The van der Waals surface area contributed by atoms with Gasteiger partial charge in [0.2, 0.25) is 0 Å². The average Bonchev–Trinajstić information content (AvgIpc) is 3.23. The molecule has 2 aromatic carbocycles. The maximum Gasteiger partial charge on any atom is 0.268 e. The van der Waals surface area contributed by atoms with E-state index in [4.69, 9.17) is 9.72 Å². The molecule has 29 heavy (non-hydrogen) atoms. The van der Waals surface area contributed by atoms with Gasteiger partial charge in [-0.25, -0.2) is 4.98 Å². The number of amides is 1. The van der Waals surface area contributed by atoms with Crippen LogP contribution in [0, 0.1) is 0 Å². The van der Waals surface area contributed by atoms with Crippen LogP contribution in [-0.2, 0) is 9.59 Å². The van der Waals surface area contributed by atoms with Gasteiger partial charge in [-0.05, 0) is 38.5 Å². The number of ether oxygens (including phenoxy) is 1. The minimum absolute atomic E-state index is 0.0634. The average molecular weight is 407 g/mol. The van der Waals surface area contributed by atoms with E-state index in [1.54, 1.807) is 23.2 Å². The maximum atomic E-state index is 12.9. The van der Waals surface area contributed by atoms with Crippen LogP contribution >= 0.6 is 11.3 Å². The molecule has 5 nitrogen and oxygen atoms in total. The number of anilines is 1. The van der Waals surface area contributed by atoms with Crippen molar-refractivity contribution in [3.63, 3.8) is 0 Å². The van der Waals surface area contributed by atoms with Crippen LogP contribution < -0.4 is 9.64 Å². The van der Waals surface area contributed by atoms with E-state index in [0.29, 0.717) is 17.9 Å². The van der Waals surface area contributed by atoms with Gasteiger partial charge in [0, 0.05) is 16.5 Å². The predicted molar refractivity (Wildman–Crippen MR) is 115 cm³/mol. The second-order valence-electron chi connectivity index (χ2n) is 7.10. The van der Waals surface area contributed by atoms with Crippen LogP contribution in [0.3, 0.4) is 0 Å². The molecule has 1 aliphatic heterocycles. The molecule has 2 atom stereocenters. The Balaban J connectivity index is 1.75. The number of carbonyl (C=O) groups excluding carboxylic acids is 2. The fourth-order valence-corrected chi connectivity index (χ4v) is 4.24. The second kappa shape index (κ2) is 7.79. The number of fused-ring (bicyclic) bond motifs is 1. The first-order chi connectivity index (χ1) is 14.0. The van der Waals surface area contributed by atoms with Crippen molar-refractivity contribution in [1.82, 2.24) is 4.98 Å². The number of thiazole rings is 1. The molecule has 0 saturated heterocycles. The van der Waals surface area contributed by atoms with Gasteiger partial charge in [0.15, 0.2) is 11.9 Å². The quantitative estimate of drug-likeness (QED) is 0.601. The second-order valence-corrected chi connectivity index (χ2v) is 7.95. The van der Waals surface area contributed by atoms with Crippen molar-refractivity contribution < 1.29 is 14.3 Å². The smallest absolute Gasteiger partial charge is 0.268 e. The van der Waals surface area contributed by atoms with Crippen LogP contribution in [0.1, 0.15) is 27.2 Å². The predicted octanol–water partition coefficient (Wildman–Crippen LogP) is 4.96. The zero-order chi connectivity index (χ0) is 20.5. The van der Waals surface area contributed by atoms with E-state index in [1.165, 1.54) is 6.92 Å². The Morgan fingerprint density at radius 1 is 1.21 bits per heavy atom. The first-order valence-corrected chi connectivity index (χ1v) is 10.5. The number of carbonyl (C=O) groups is 2.